The number of hydrogen-bond donors (Lipinski definition) is 2. The average molecular weight is 201 g/mol. The van der Waals surface area contributed by atoms with Crippen molar-refractivity contribution < 1.29 is 14.6 Å². The number of aliphatic hydroxyl groups excluding tert-OH is 1. The first-order valence-corrected chi connectivity index (χ1v) is 5.16. The average Bonchev–Trinajstić information content (AvgIpc) is 2.20. The largest absolute Gasteiger partial charge is 0.391 e. The van der Waals surface area contributed by atoms with Gasteiger partial charge in [0.15, 0.2) is 0 Å². The van der Waals surface area contributed by atoms with Gasteiger partial charge in [0, 0.05) is 7.11 Å². The van der Waals surface area contributed by atoms with Crippen molar-refractivity contribution in [3.8, 4) is 0 Å². The zero-order valence-electron chi connectivity index (χ0n) is 8.82. The van der Waals surface area contributed by atoms with Crippen molar-refractivity contribution in [3.63, 3.8) is 0 Å². The molecule has 1 aliphatic rings. The van der Waals surface area contributed by atoms with Crippen LogP contribution in [0.15, 0.2) is 0 Å². The number of rotatable bonds is 3. The van der Waals surface area contributed by atoms with Gasteiger partial charge in [-0.1, -0.05) is 12.8 Å². The first-order valence-electron chi connectivity index (χ1n) is 5.16. The summed E-state index contributed by atoms with van der Waals surface area (Å²) in [6, 6.07) is -0.0890. The maximum Gasteiger partial charge on any atom is 0.249 e. The van der Waals surface area contributed by atoms with Crippen molar-refractivity contribution in [2.75, 3.05) is 7.11 Å². The van der Waals surface area contributed by atoms with Gasteiger partial charge in [-0.3, -0.25) is 4.79 Å². The smallest absolute Gasteiger partial charge is 0.249 e. The van der Waals surface area contributed by atoms with Gasteiger partial charge in [-0.25, -0.2) is 0 Å². The monoisotopic (exact) mass is 201 g/mol. The Morgan fingerprint density at radius 2 is 2.14 bits per heavy atom. The summed E-state index contributed by atoms with van der Waals surface area (Å²) in [7, 11) is 1.50. The van der Waals surface area contributed by atoms with Crippen LogP contribution in [-0.4, -0.2) is 36.4 Å². The predicted molar refractivity (Wildman–Crippen MR) is 52.9 cm³/mol. The topological polar surface area (TPSA) is 58.6 Å². The maximum atomic E-state index is 11.4. The molecule has 1 fully saturated rings. The minimum absolute atomic E-state index is 0.0890. The zero-order valence-corrected chi connectivity index (χ0v) is 8.82. The molecule has 3 unspecified atom stereocenters. The van der Waals surface area contributed by atoms with E-state index in [4.69, 9.17) is 4.74 Å². The van der Waals surface area contributed by atoms with Crippen LogP contribution in [0.4, 0.5) is 0 Å². The van der Waals surface area contributed by atoms with Crippen molar-refractivity contribution in [1.82, 2.24) is 5.32 Å². The molecular formula is C10H19NO3. The molecule has 1 amide bonds. The highest BCUT2D eigenvalue weighted by Crippen LogP contribution is 2.18. The second kappa shape index (κ2) is 5.32. The summed E-state index contributed by atoms with van der Waals surface area (Å²) in [5.41, 5.74) is 0. The fourth-order valence-electron chi connectivity index (χ4n) is 1.69. The quantitative estimate of drug-likeness (QED) is 0.696. The normalized spacial score (nSPS) is 29.6. The molecule has 0 spiro atoms. The van der Waals surface area contributed by atoms with Gasteiger partial charge in [-0.2, -0.15) is 0 Å². The highest BCUT2D eigenvalue weighted by molar-refractivity contribution is 5.80. The second-order valence-electron chi connectivity index (χ2n) is 3.84. The summed E-state index contributed by atoms with van der Waals surface area (Å²) in [4.78, 5) is 11.4. The van der Waals surface area contributed by atoms with E-state index in [1.165, 1.54) is 7.11 Å². The molecule has 4 heteroatoms. The van der Waals surface area contributed by atoms with Crippen LogP contribution >= 0.6 is 0 Å². The third-order valence-corrected chi connectivity index (χ3v) is 2.78. The molecule has 3 atom stereocenters. The molecule has 0 saturated heterocycles. The van der Waals surface area contributed by atoms with Crippen molar-refractivity contribution >= 4 is 5.91 Å². The van der Waals surface area contributed by atoms with Crippen molar-refractivity contribution in [2.45, 2.75) is 50.9 Å². The van der Waals surface area contributed by atoms with Crippen LogP contribution in [0.2, 0.25) is 0 Å². The van der Waals surface area contributed by atoms with E-state index in [1.807, 2.05) is 0 Å². The molecule has 0 aromatic carbocycles. The van der Waals surface area contributed by atoms with Crippen LogP contribution in [0.1, 0.15) is 32.6 Å². The molecule has 0 bridgehead atoms. The van der Waals surface area contributed by atoms with Gasteiger partial charge in [0.1, 0.15) is 6.10 Å². The van der Waals surface area contributed by atoms with Gasteiger partial charge in [-0.15, -0.1) is 0 Å². The van der Waals surface area contributed by atoms with E-state index < -0.39 is 12.2 Å². The van der Waals surface area contributed by atoms with Gasteiger partial charge >= 0.3 is 0 Å². The zero-order chi connectivity index (χ0) is 10.6. The number of ether oxygens (including phenoxy) is 1. The number of carbonyl (C=O) groups is 1. The molecule has 1 saturated carbocycles. The molecule has 82 valence electrons. The van der Waals surface area contributed by atoms with E-state index >= 15 is 0 Å². The molecule has 14 heavy (non-hydrogen) atoms. The highest BCUT2D eigenvalue weighted by atomic mass is 16.5. The lowest BCUT2D eigenvalue weighted by molar-refractivity contribution is -0.132. The summed E-state index contributed by atoms with van der Waals surface area (Å²) in [5.74, 6) is -0.140. The van der Waals surface area contributed by atoms with Crippen molar-refractivity contribution in [3.05, 3.63) is 0 Å². The minimum Gasteiger partial charge on any atom is -0.391 e. The van der Waals surface area contributed by atoms with Gasteiger partial charge in [0.25, 0.3) is 0 Å². The molecule has 0 aromatic rings. The number of aliphatic hydroxyl groups is 1. The Kier molecular flexibility index (Phi) is 4.35. The van der Waals surface area contributed by atoms with E-state index in [2.05, 4.69) is 5.32 Å². The van der Waals surface area contributed by atoms with Crippen LogP contribution in [-0.2, 0) is 9.53 Å². The van der Waals surface area contributed by atoms with Gasteiger partial charge in [0.05, 0.1) is 12.1 Å². The molecule has 4 nitrogen and oxygen atoms in total. The minimum atomic E-state index is -0.441. The van der Waals surface area contributed by atoms with E-state index in [-0.39, 0.29) is 11.9 Å². The molecule has 1 aliphatic carbocycles. The lowest BCUT2D eigenvalue weighted by atomic mass is 9.92. The Bertz CT molecular complexity index is 196. The Labute approximate surface area is 84.6 Å². The summed E-state index contributed by atoms with van der Waals surface area (Å²) in [5, 5.41) is 12.4. The second-order valence-corrected chi connectivity index (χ2v) is 3.84. The Morgan fingerprint density at radius 1 is 1.50 bits per heavy atom. The van der Waals surface area contributed by atoms with Crippen LogP contribution in [0.25, 0.3) is 0 Å². The van der Waals surface area contributed by atoms with Gasteiger partial charge in [-0.05, 0) is 19.8 Å². The number of carbonyl (C=O) groups excluding carboxylic acids is 1. The summed E-state index contributed by atoms with van der Waals surface area (Å²) < 4.78 is 4.90. The summed E-state index contributed by atoms with van der Waals surface area (Å²) in [6.07, 6.45) is 2.94. The molecule has 1 rings (SSSR count). The van der Waals surface area contributed by atoms with Crippen LogP contribution < -0.4 is 5.32 Å². The Hall–Kier alpha value is -0.610. The lowest BCUT2D eigenvalue weighted by Gasteiger charge is -2.29. The molecular weight excluding hydrogens is 182 g/mol. The van der Waals surface area contributed by atoms with Gasteiger partial charge < -0.3 is 15.2 Å². The third kappa shape index (κ3) is 2.96. The van der Waals surface area contributed by atoms with Crippen LogP contribution in [0.5, 0.6) is 0 Å². The number of hydrogen-bond acceptors (Lipinski definition) is 3. The number of nitrogens with one attached hydrogen (secondary N) is 1. The third-order valence-electron chi connectivity index (χ3n) is 2.78. The molecule has 0 radical (unpaired) electrons. The van der Waals surface area contributed by atoms with Crippen molar-refractivity contribution in [1.29, 1.82) is 0 Å². The summed E-state index contributed by atoms with van der Waals surface area (Å²) >= 11 is 0. The number of methoxy groups -OCH3 is 1. The fourth-order valence-corrected chi connectivity index (χ4v) is 1.69. The maximum absolute atomic E-state index is 11.4. The molecule has 0 aromatic heterocycles. The van der Waals surface area contributed by atoms with E-state index in [9.17, 15) is 9.90 Å². The van der Waals surface area contributed by atoms with E-state index in [0.717, 1.165) is 25.7 Å². The van der Waals surface area contributed by atoms with E-state index in [0.29, 0.717) is 0 Å². The summed E-state index contributed by atoms with van der Waals surface area (Å²) in [6.45, 7) is 1.70. The van der Waals surface area contributed by atoms with Crippen LogP contribution in [0.3, 0.4) is 0 Å². The Balaban J connectivity index is 2.38. The fraction of sp³-hybridized carbons (Fsp3) is 0.900. The van der Waals surface area contributed by atoms with Crippen molar-refractivity contribution in [2.24, 2.45) is 0 Å². The van der Waals surface area contributed by atoms with E-state index in [1.54, 1.807) is 6.92 Å². The SMILES string of the molecule is COC(C)C(=O)NC1CCCCC1O. The lowest BCUT2D eigenvalue weighted by Crippen LogP contribution is -2.48. The first kappa shape index (κ1) is 11.5. The number of amides is 1. The first-order chi connectivity index (χ1) is 6.65. The predicted octanol–water partition coefficient (Wildman–Crippen LogP) is 0.441. The molecule has 2 N–H and O–H groups in total. The highest BCUT2D eigenvalue weighted by Gasteiger charge is 2.25. The standard InChI is InChI=1S/C10H19NO3/c1-7(14-2)10(13)11-8-5-3-4-6-9(8)12/h7-9,12H,3-6H2,1-2H3,(H,11,13). The Morgan fingerprint density at radius 3 is 2.71 bits per heavy atom. The molecule has 0 heterocycles. The van der Waals surface area contributed by atoms with Gasteiger partial charge in [0.2, 0.25) is 5.91 Å². The van der Waals surface area contributed by atoms with Crippen LogP contribution in [0, 0.1) is 0 Å². The molecule has 0 aliphatic heterocycles.